The van der Waals surface area contributed by atoms with Crippen molar-refractivity contribution < 1.29 is 23.5 Å². The molecule has 3 rings (SSSR count). The van der Waals surface area contributed by atoms with Gasteiger partial charge in [-0.2, -0.15) is 5.10 Å². The molecule has 0 atom stereocenters. The average molecular weight is 549 g/mol. The van der Waals surface area contributed by atoms with Gasteiger partial charge in [0.05, 0.1) is 23.0 Å². The summed E-state index contributed by atoms with van der Waals surface area (Å²) in [5, 5.41) is 6.56. The van der Waals surface area contributed by atoms with Crippen LogP contribution in [0.2, 0.25) is 5.02 Å². The minimum Gasteiger partial charge on any atom is -0.490 e. The molecule has 34 heavy (non-hydrogen) atoms. The van der Waals surface area contributed by atoms with Crippen LogP contribution in [0.5, 0.6) is 11.5 Å². The van der Waals surface area contributed by atoms with Crippen LogP contribution in [0.1, 0.15) is 18.1 Å². The van der Waals surface area contributed by atoms with Crippen LogP contribution >= 0.6 is 27.5 Å². The van der Waals surface area contributed by atoms with E-state index in [0.29, 0.717) is 33.2 Å². The number of hydrogen-bond donors (Lipinski definition) is 2. The molecule has 10 heteroatoms. The first-order chi connectivity index (χ1) is 16.4. The van der Waals surface area contributed by atoms with Crippen molar-refractivity contribution in [2.75, 3.05) is 11.9 Å². The molecule has 0 aromatic heterocycles. The smallest absolute Gasteiger partial charge is 0.329 e. The third-order valence-corrected chi connectivity index (χ3v) is 5.33. The number of nitrogens with zero attached hydrogens (tertiary/aromatic N) is 1. The number of halogens is 3. The fourth-order valence-electron chi connectivity index (χ4n) is 2.79. The van der Waals surface area contributed by atoms with Crippen LogP contribution in [0.4, 0.5) is 10.1 Å². The first-order valence-corrected chi connectivity index (χ1v) is 11.3. The standard InChI is InChI=1S/C24H20BrClFN3O4/c1-2-33-21-12-15(11-17(25)22(21)34-14-16-7-3-4-8-18(16)26)13-28-30-24(32)23(31)29-20-10-6-5-9-19(20)27/h3-13H,2,14H2,1H3,(H,29,31)(H,30,32)/b28-13+. The normalized spacial score (nSPS) is 10.7. The van der Waals surface area contributed by atoms with Crippen molar-refractivity contribution in [1.82, 2.24) is 5.43 Å². The van der Waals surface area contributed by atoms with E-state index < -0.39 is 17.6 Å². The van der Waals surface area contributed by atoms with Crippen LogP contribution in [0.15, 0.2) is 70.2 Å². The lowest BCUT2D eigenvalue weighted by molar-refractivity contribution is -0.136. The Morgan fingerprint density at radius 1 is 1.09 bits per heavy atom. The fraction of sp³-hybridized carbons (Fsp3) is 0.125. The summed E-state index contributed by atoms with van der Waals surface area (Å²) in [5.41, 5.74) is 3.38. The SMILES string of the molecule is CCOc1cc(/C=N/NC(=O)C(=O)Nc2ccccc2F)cc(Br)c1OCc1ccccc1Cl. The number of carbonyl (C=O) groups is 2. The van der Waals surface area contributed by atoms with Gasteiger partial charge in [0, 0.05) is 10.6 Å². The van der Waals surface area contributed by atoms with E-state index in [-0.39, 0.29) is 12.3 Å². The fourth-order valence-corrected chi connectivity index (χ4v) is 3.55. The predicted octanol–water partition coefficient (Wildman–Crippen LogP) is 5.31. The van der Waals surface area contributed by atoms with Gasteiger partial charge in [0.25, 0.3) is 0 Å². The lowest BCUT2D eigenvalue weighted by atomic mass is 10.2. The molecule has 2 N–H and O–H groups in total. The summed E-state index contributed by atoms with van der Waals surface area (Å²) in [6.45, 7) is 2.46. The molecule has 0 unspecified atom stereocenters. The Labute approximate surface area is 209 Å². The molecule has 0 aliphatic carbocycles. The molecule has 7 nitrogen and oxygen atoms in total. The second kappa shape index (κ2) is 12.2. The minimum atomic E-state index is -1.05. The molecule has 3 aromatic carbocycles. The van der Waals surface area contributed by atoms with E-state index in [4.69, 9.17) is 21.1 Å². The third kappa shape index (κ3) is 6.79. The van der Waals surface area contributed by atoms with Crippen molar-refractivity contribution in [2.45, 2.75) is 13.5 Å². The van der Waals surface area contributed by atoms with E-state index in [1.807, 2.05) is 25.1 Å². The van der Waals surface area contributed by atoms with Gasteiger partial charge in [-0.05, 0) is 58.7 Å². The Morgan fingerprint density at radius 2 is 1.82 bits per heavy atom. The number of benzene rings is 3. The van der Waals surface area contributed by atoms with E-state index in [9.17, 15) is 14.0 Å². The Balaban J connectivity index is 1.67. The number of hydrazone groups is 1. The first kappa shape index (κ1) is 25.2. The van der Waals surface area contributed by atoms with Crippen LogP contribution in [-0.2, 0) is 16.2 Å². The van der Waals surface area contributed by atoms with Crippen molar-refractivity contribution in [3.63, 3.8) is 0 Å². The maximum Gasteiger partial charge on any atom is 0.329 e. The van der Waals surface area contributed by atoms with E-state index in [1.165, 1.54) is 30.5 Å². The van der Waals surface area contributed by atoms with Gasteiger partial charge in [-0.3, -0.25) is 9.59 Å². The molecule has 0 fully saturated rings. The van der Waals surface area contributed by atoms with Gasteiger partial charge in [-0.15, -0.1) is 0 Å². The summed E-state index contributed by atoms with van der Waals surface area (Å²) in [6, 6.07) is 16.2. The maximum atomic E-state index is 13.6. The van der Waals surface area contributed by atoms with Gasteiger partial charge in [0.15, 0.2) is 11.5 Å². The molecule has 0 saturated carbocycles. The van der Waals surface area contributed by atoms with Crippen molar-refractivity contribution in [3.05, 3.63) is 87.1 Å². The second-order valence-electron chi connectivity index (χ2n) is 6.78. The lowest BCUT2D eigenvalue weighted by Gasteiger charge is -2.15. The van der Waals surface area contributed by atoms with Crippen molar-refractivity contribution >= 4 is 51.2 Å². The summed E-state index contributed by atoms with van der Waals surface area (Å²) < 4.78 is 25.8. The Hall–Kier alpha value is -3.43. The summed E-state index contributed by atoms with van der Waals surface area (Å²) in [4.78, 5) is 23.9. The highest BCUT2D eigenvalue weighted by atomic mass is 79.9. The number of rotatable bonds is 8. The number of anilines is 1. The van der Waals surface area contributed by atoms with Gasteiger partial charge in [0.2, 0.25) is 0 Å². The number of hydrogen-bond acceptors (Lipinski definition) is 5. The summed E-state index contributed by atoms with van der Waals surface area (Å²) >= 11 is 9.65. The topological polar surface area (TPSA) is 89.0 Å². The van der Waals surface area contributed by atoms with E-state index >= 15 is 0 Å². The molecule has 0 aliphatic rings. The molecule has 0 bridgehead atoms. The Bertz CT molecular complexity index is 1220. The van der Waals surface area contributed by atoms with E-state index in [1.54, 1.807) is 18.2 Å². The molecule has 0 saturated heterocycles. The van der Waals surface area contributed by atoms with Crippen molar-refractivity contribution in [1.29, 1.82) is 0 Å². The maximum absolute atomic E-state index is 13.6. The lowest BCUT2D eigenvalue weighted by Crippen LogP contribution is -2.32. The first-order valence-electron chi connectivity index (χ1n) is 10.1. The number of ether oxygens (including phenoxy) is 2. The molecular weight excluding hydrogens is 529 g/mol. The van der Waals surface area contributed by atoms with Crippen LogP contribution < -0.4 is 20.2 Å². The van der Waals surface area contributed by atoms with Crippen LogP contribution in [-0.4, -0.2) is 24.6 Å². The molecule has 2 amide bonds. The predicted molar refractivity (Wildman–Crippen MR) is 132 cm³/mol. The average Bonchev–Trinajstić information content (AvgIpc) is 2.81. The molecule has 3 aromatic rings. The minimum absolute atomic E-state index is 0.107. The number of amides is 2. The van der Waals surface area contributed by atoms with Crippen LogP contribution in [0.25, 0.3) is 0 Å². The van der Waals surface area contributed by atoms with E-state index in [0.717, 1.165) is 5.56 Å². The van der Waals surface area contributed by atoms with Gasteiger partial charge in [0.1, 0.15) is 12.4 Å². The molecule has 0 radical (unpaired) electrons. The van der Waals surface area contributed by atoms with Crippen LogP contribution in [0.3, 0.4) is 0 Å². The van der Waals surface area contributed by atoms with Gasteiger partial charge < -0.3 is 14.8 Å². The monoisotopic (exact) mass is 547 g/mol. The van der Waals surface area contributed by atoms with Gasteiger partial charge >= 0.3 is 11.8 Å². The Morgan fingerprint density at radius 3 is 2.56 bits per heavy atom. The summed E-state index contributed by atoms with van der Waals surface area (Å²) in [7, 11) is 0. The Kier molecular flexibility index (Phi) is 9.00. The van der Waals surface area contributed by atoms with Crippen molar-refractivity contribution in [2.24, 2.45) is 5.10 Å². The van der Waals surface area contributed by atoms with E-state index in [2.05, 4.69) is 31.8 Å². The summed E-state index contributed by atoms with van der Waals surface area (Å²) in [5.74, 6) is -1.83. The number of para-hydroxylation sites is 1. The highest BCUT2D eigenvalue weighted by Gasteiger charge is 2.15. The third-order valence-electron chi connectivity index (χ3n) is 4.37. The zero-order valence-electron chi connectivity index (χ0n) is 18.0. The molecular formula is C24H20BrClFN3O4. The second-order valence-corrected chi connectivity index (χ2v) is 8.04. The zero-order valence-corrected chi connectivity index (χ0v) is 20.3. The largest absolute Gasteiger partial charge is 0.490 e. The van der Waals surface area contributed by atoms with Gasteiger partial charge in [-0.25, -0.2) is 9.82 Å². The van der Waals surface area contributed by atoms with Gasteiger partial charge in [-0.1, -0.05) is 41.9 Å². The quantitative estimate of drug-likeness (QED) is 0.227. The molecule has 0 spiro atoms. The molecule has 176 valence electrons. The highest BCUT2D eigenvalue weighted by Crippen LogP contribution is 2.37. The molecule has 0 heterocycles. The van der Waals surface area contributed by atoms with Crippen LogP contribution in [0, 0.1) is 5.82 Å². The molecule has 0 aliphatic heterocycles. The number of nitrogens with one attached hydrogen (secondary N) is 2. The number of carbonyl (C=O) groups excluding carboxylic acids is 2. The highest BCUT2D eigenvalue weighted by molar-refractivity contribution is 9.10. The van der Waals surface area contributed by atoms with Crippen molar-refractivity contribution in [3.8, 4) is 11.5 Å². The summed E-state index contributed by atoms with van der Waals surface area (Å²) in [6.07, 6.45) is 1.33. The zero-order chi connectivity index (χ0) is 24.5.